The van der Waals surface area contributed by atoms with Crippen molar-refractivity contribution in [3.05, 3.63) is 27.8 Å². The SMILES string of the molecule is CCON=C(CC)C1C(=O)CC(c2c(C)c(OC)c(C)c3c2CCCC3=O)CC1=O. The zero-order valence-electron chi connectivity index (χ0n) is 18.6. The van der Waals surface area contributed by atoms with Crippen molar-refractivity contribution in [3.8, 4) is 5.75 Å². The molecule has 162 valence electrons. The third-order valence-electron chi connectivity index (χ3n) is 6.35. The van der Waals surface area contributed by atoms with E-state index in [-0.39, 0.29) is 36.1 Å². The summed E-state index contributed by atoms with van der Waals surface area (Å²) in [6.45, 7) is 7.97. The van der Waals surface area contributed by atoms with E-state index in [1.54, 1.807) is 7.11 Å². The van der Waals surface area contributed by atoms with Gasteiger partial charge in [-0.25, -0.2) is 0 Å². The molecule has 30 heavy (non-hydrogen) atoms. The Labute approximate surface area is 178 Å². The summed E-state index contributed by atoms with van der Waals surface area (Å²) in [4.78, 5) is 44.0. The van der Waals surface area contributed by atoms with Crippen LogP contribution >= 0.6 is 0 Å². The number of benzene rings is 1. The first-order chi connectivity index (χ1) is 14.3. The lowest BCUT2D eigenvalue weighted by atomic mass is 9.70. The van der Waals surface area contributed by atoms with E-state index < -0.39 is 5.92 Å². The van der Waals surface area contributed by atoms with Gasteiger partial charge in [-0.3, -0.25) is 14.4 Å². The Morgan fingerprint density at radius 3 is 2.27 bits per heavy atom. The fourth-order valence-electron chi connectivity index (χ4n) is 5.17. The molecular formula is C24H31NO5. The highest BCUT2D eigenvalue weighted by Crippen LogP contribution is 2.44. The molecule has 1 aromatic carbocycles. The summed E-state index contributed by atoms with van der Waals surface area (Å²) in [5.41, 5.74) is 4.99. The molecule has 1 saturated carbocycles. The van der Waals surface area contributed by atoms with Crippen molar-refractivity contribution >= 4 is 23.1 Å². The second-order valence-corrected chi connectivity index (χ2v) is 8.15. The molecule has 0 radical (unpaired) electrons. The van der Waals surface area contributed by atoms with Crippen LogP contribution in [0, 0.1) is 19.8 Å². The molecule has 0 heterocycles. The van der Waals surface area contributed by atoms with Crippen LogP contribution in [0.2, 0.25) is 0 Å². The van der Waals surface area contributed by atoms with Crippen molar-refractivity contribution in [2.75, 3.05) is 13.7 Å². The van der Waals surface area contributed by atoms with Gasteiger partial charge in [0.25, 0.3) is 0 Å². The molecule has 0 N–H and O–H groups in total. The van der Waals surface area contributed by atoms with Crippen LogP contribution in [0.15, 0.2) is 5.16 Å². The second-order valence-electron chi connectivity index (χ2n) is 8.15. The summed E-state index contributed by atoms with van der Waals surface area (Å²) in [7, 11) is 1.60. The fraction of sp³-hybridized carbons (Fsp3) is 0.583. The van der Waals surface area contributed by atoms with Gasteiger partial charge >= 0.3 is 0 Å². The third kappa shape index (κ3) is 3.80. The molecule has 2 aliphatic rings. The molecule has 1 fully saturated rings. The van der Waals surface area contributed by atoms with Crippen LogP contribution in [0.1, 0.15) is 84.5 Å². The maximum Gasteiger partial charge on any atom is 0.163 e. The van der Waals surface area contributed by atoms with Crippen molar-refractivity contribution in [2.24, 2.45) is 11.1 Å². The van der Waals surface area contributed by atoms with E-state index in [2.05, 4.69) is 5.16 Å². The van der Waals surface area contributed by atoms with Gasteiger partial charge in [-0.1, -0.05) is 12.1 Å². The molecule has 0 aromatic heterocycles. The highest BCUT2D eigenvalue weighted by Gasteiger charge is 2.41. The second kappa shape index (κ2) is 9.11. The largest absolute Gasteiger partial charge is 0.496 e. The van der Waals surface area contributed by atoms with E-state index in [0.717, 1.165) is 40.7 Å². The summed E-state index contributed by atoms with van der Waals surface area (Å²) >= 11 is 0. The molecular weight excluding hydrogens is 382 g/mol. The number of rotatable bonds is 6. The smallest absolute Gasteiger partial charge is 0.163 e. The van der Waals surface area contributed by atoms with Crippen molar-refractivity contribution in [2.45, 2.75) is 72.1 Å². The molecule has 0 saturated heterocycles. The fourth-order valence-corrected chi connectivity index (χ4v) is 5.17. The minimum atomic E-state index is -0.817. The zero-order chi connectivity index (χ0) is 22.0. The van der Waals surface area contributed by atoms with E-state index in [0.29, 0.717) is 30.9 Å². The van der Waals surface area contributed by atoms with Crippen LogP contribution in [0.4, 0.5) is 0 Å². The number of hydrogen-bond acceptors (Lipinski definition) is 6. The number of ketones is 3. The highest BCUT2D eigenvalue weighted by atomic mass is 16.6. The van der Waals surface area contributed by atoms with Crippen LogP contribution in [0.25, 0.3) is 0 Å². The van der Waals surface area contributed by atoms with E-state index in [1.807, 2.05) is 27.7 Å². The van der Waals surface area contributed by atoms with Gasteiger partial charge in [0.1, 0.15) is 29.8 Å². The van der Waals surface area contributed by atoms with E-state index in [1.165, 1.54) is 0 Å². The summed E-state index contributed by atoms with van der Waals surface area (Å²) in [5, 5.41) is 4.03. The number of carbonyl (C=O) groups is 3. The number of nitrogens with zero attached hydrogens (tertiary/aromatic N) is 1. The number of ether oxygens (including phenoxy) is 1. The molecule has 0 bridgehead atoms. The number of methoxy groups -OCH3 is 1. The standard InChI is InChI=1S/C24H31NO5/c1-6-17(25-30-7-2)23-19(27)11-15(12-20(23)28)21-13(3)24(29-5)14(4)22-16(21)9-8-10-18(22)26/h15,23H,6-12H2,1-5H3. The number of oxime groups is 1. The maximum absolute atomic E-state index is 13.1. The molecule has 0 unspecified atom stereocenters. The molecule has 3 rings (SSSR count). The quantitative estimate of drug-likeness (QED) is 0.395. The normalized spacial score (nSPS) is 22.2. The van der Waals surface area contributed by atoms with Crippen molar-refractivity contribution in [3.63, 3.8) is 0 Å². The lowest BCUT2D eigenvalue weighted by Crippen LogP contribution is -2.38. The monoisotopic (exact) mass is 413 g/mol. The van der Waals surface area contributed by atoms with Crippen LogP contribution in [-0.4, -0.2) is 36.8 Å². The van der Waals surface area contributed by atoms with Crippen molar-refractivity contribution < 1.29 is 24.0 Å². The zero-order valence-corrected chi connectivity index (χ0v) is 18.6. The Morgan fingerprint density at radius 2 is 1.70 bits per heavy atom. The van der Waals surface area contributed by atoms with Crippen LogP contribution in [0.3, 0.4) is 0 Å². The number of hydrogen-bond donors (Lipinski definition) is 0. The number of fused-ring (bicyclic) bond motifs is 1. The minimum absolute atomic E-state index is 0.119. The average Bonchev–Trinajstić information content (AvgIpc) is 2.70. The molecule has 2 aliphatic carbocycles. The predicted molar refractivity (Wildman–Crippen MR) is 115 cm³/mol. The average molecular weight is 414 g/mol. The first kappa shape index (κ1) is 22.2. The Bertz CT molecular complexity index is 897. The van der Waals surface area contributed by atoms with Crippen LogP contribution in [-0.2, 0) is 20.8 Å². The third-order valence-corrected chi connectivity index (χ3v) is 6.35. The van der Waals surface area contributed by atoms with Gasteiger partial charge in [0, 0.05) is 30.4 Å². The van der Waals surface area contributed by atoms with Gasteiger partial charge in [0.2, 0.25) is 0 Å². The van der Waals surface area contributed by atoms with Gasteiger partial charge in [0.05, 0.1) is 12.8 Å². The van der Waals surface area contributed by atoms with Crippen molar-refractivity contribution in [1.29, 1.82) is 0 Å². The minimum Gasteiger partial charge on any atom is -0.496 e. The highest BCUT2D eigenvalue weighted by molar-refractivity contribution is 6.22. The van der Waals surface area contributed by atoms with E-state index >= 15 is 0 Å². The number of Topliss-reactive ketones (excluding diaryl/α,β-unsaturated/α-hetero) is 3. The summed E-state index contributed by atoms with van der Waals surface area (Å²) in [6, 6.07) is 0. The Morgan fingerprint density at radius 1 is 1.03 bits per heavy atom. The van der Waals surface area contributed by atoms with Gasteiger partial charge in [-0.05, 0) is 62.6 Å². The van der Waals surface area contributed by atoms with E-state index in [4.69, 9.17) is 9.57 Å². The van der Waals surface area contributed by atoms with Gasteiger partial charge in [-0.15, -0.1) is 0 Å². The van der Waals surface area contributed by atoms with Crippen LogP contribution in [0.5, 0.6) is 5.75 Å². The summed E-state index contributed by atoms with van der Waals surface area (Å²) in [6.07, 6.45) is 3.12. The Kier molecular flexibility index (Phi) is 6.74. The van der Waals surface area contributed by atoms with Gasteiger partial charge < -0.3 is 9.57 Å². The number of carbonyl (C=O) groups excluding carboxylic acids is 3. The molecule has 1 aromatic rings. The first-order valence-corrected chi connectivity index (χ1v) is 10.8. The first-order valence-electron chi connectivity index (χ1n) is 10.8. The van der Waals surface area contributed by atoms with Crippen molar-refractivity contribution in [1.82, 2.24) is 0 Å². The molecule has 0 spiro atoms. The molecule has 6 heteroatoms. The van der Waals surface area contributed by atoms with Gasteiger partial charge in [-0.2, -0.15) is 0 Å². The predicted octanol–water partition coefficient (Wildman–Crippen LogP) is 4.27. The summed E-state index contributed by atoms with van der Waals surface area (Å²) in [5.74, 6) is -0.480. The van der Waals surface area contributed by atoms with Gasteiger partial charge in [0.15, 0.2) is 5.78 Å². The summed E-state index contributed by atoms with van der Waals surface area (Å²) < 4.78 is 5.64. The lowest BCUT2D eigenvalue weighted by molar-refractivity contribution is -0.133. The molecule has 0 atom stereocenters. The molecule has 0 aliphatic heterocycles. The van der Waals surface area contributed by atoms with E-state index in [9.17, 15) is 14.4 Å². The maximum atomic E-state index is 13.1. The Balaban J connectivity index is 2.04. The lowest BCUT2D eigenvalue weighted by Gasteiger charge is -2.32. The van der Waals surface area contributed by atoms with Crippen LogP contribution < -0.4 is 4.74 Å². The molecule has 0 amide bonds. The topological polar surface area (TPSA) is 82.0 Å². The molecule has 6 nitrogen and oxygen atoms in total. The Hall–Kier alpha value is -2.50.